The first-order valence-corrected chi connectivity index (χ1v) is 5.17. The zero-order chi connectivity index (χ0) is 10.6. The van der Waals surface area contributed by atoms with Crippen molar-refractivity contribution in [3.63, 3.8) is 0 Å². The Labute approximate surface area is 91.8 Å². The first-order chi connectivity index (χ1) is 6.59. The summed E-state index contributed by atoms with van der Waals surface area (Å²) in [5, 5.41) is 3.14. The van der Waals surface area contributed by atoms with Gasteiger partial charge in [-0.25, -0.2) is 0 Å². The summed E-state index contributed by atoms with van der Waals surface area (Å²) in [7, 11) is 0. The molecule has 0 aliphatic heterocycles. The van der Waals surface area contributed by atoms with Crippen molar-refractivity contribution >= 4 is 27.5 Å². The van der Waals surface area contributed by atoms with Gasteiger partial charge in [0.2, 0.25) is 5.91 Å². The standard InChI is InChI=1S/C10H13BrN2O/c1-7(10(12)14)6-13-9-4-2-3-8(11)5-9/h2-5,7,13H,6H2,1H3,(H2,12,14). The predicted molar refractivity (Wildman–Crippen MR) is 61.0 cm³/mol. The zero-order valence-corrected chi connectivity index (χ0v) is 9.54. The van der Waals surface area contributed by atoms with Gasteiger partial charge in [0.15, 0.2) is 0 Å². The Morgan fingerprint density at radius 3 is 2.93 bits per heavy atom. The number of anilines is 1. The Morgan fingerprint density at radius 1 is 1.64 bits per heavy atom. The van der Waals surface area contributed by atoms with E-state index in [0.29, 0.717) is 6.54 Å². The number of amides is 1. The Morgan fingerprint density at radius 2 is 2.36 bits per heavy atom. The van der Waals surface area contributed by atoms with Crippen LogP contribution in [0.1, 0.15) is 6.92 Å². The molecule has 1 amide bonds. The topological polar surface area (TPSA) is 55.1 Å². The van der Waals surface area contributed by atoms with Crippen LogP contribution < -0.4 is 11.1 Å². The SMILES string of the molecule is CC(CNc1cccc(Br)c1)C(N)=O. The van der Waals surface area contributed by atoms with Gasteiger partial charge in [0.05, 0.1) is 5.92 Å². The van der Waals surface area contributed by atoms with Crippen LogP contribution in [0.5, 0.6) is 0 Å². The van der Waals surface area contributed by atoms with Crippen LogP contribution in [0.15, 0.2) is 28.7 Å². The van der Waals surface area contributed by atoms with Crippen molar-refractivity contribution in [3.05, 3.63) is 28.7 Å². The van der Waals surface area contributed by atoms with Crippen molar-refractivity contribution in [2.24, 2.45) is 11.7 Å². The van der Waals surface area contributed by atoms with Crippen molar-refractivity contribution in [2.75, 3.05) is 11.9 Å². The van der Waals surface area contributed by atoms with E-state index in [0.717, 1.165) is 10.2 Å². The van der Waals surface area contributed by atoms with Crippen LogP contribution in [0.2, 0.25) is 0 Å². The first-order valence-electron chi connectivity index (χ1n) is 4.38. The Bertz CT molecular complexity index is 328. The molecular weight excluding hydrogens is 244 g/mol. The van der Waals surface area contributed by atoms with Gasteiger partial charge in [0.1, 0.15) is 0 Å². The fourth-order valence-corrected chi connectivity index (χ4v) is 1.37. The molecule has 0 aromatic heterocycles. The molecule has 0 spiro atoms. The number of primary amides is 1. The summed E-state index contributed by atoms with van der Waals surface area (Å²) < 4.78 is 1.01. The van der Waals surface area contributed by atoms with Gasteiger partial charge in [-0.15, -0.1) is 0 Å². The maximum absolute atomic E-state index is 10.8. The van der Waals surface area contributed by atoms with Gasteiger partial charge in [-0.2, -0.15) is 0 Å². The monoisotopic (exact) mass is 256 g/mol. The second-order valence-electron chi connectivity index (χ2n) is 3.19. The van der Waals surface area contributed by atoms with Crippen LogP contribution in [-0.4, -0.2) is 12.5 Å². The van der Waals surface area contributed by atoms with Crippen LogP contribution in [0.4, 0.5) is 5.69 Å². The minimum absolute atomic E-state index is 0.158. The number of carbonyl (C=O) groups is 1. The maximum atomic E-state index is 10.8. The Hall–Kier alpha value is -1.03. The molecule has 4 heteroatoms. The second kappa shape index (κ2) is 5.00. The number of rotatable bonds is 4. The highest BCUT2D eigenvalue weighted by Gasteiger charge is 2.07. The molecule has 1 rings (SSSR count). The lowest BCUT2D eigenvalue weighted by Gasteiger charge is -2.10. The van der Waals surface area contributed by atoms with Crippen LogP contribution >= 0.6 is 15.9 Å². The molecule has 0 saturated carbocycles. The minimum atomic E-state index is -0.285. The number of hydrogen-bond donors (Lipinski definition) is 2. The highest BCUT2D eigenvalue weighted by atomic mass is 79.9. The molecule has 1 atom stereocenters. The highest BCUT2D eigenvalue weighted by Crippen LogP contribution is 2.15. The molecule has 1 unspecified atom stereocenters. The third-order valence-corrected chi connectivity index (χ3v) is 2.42. The average Bonchev–Trinajstić information content (AvgIpc) is 2.14. The van der Waals surface area contributed by atoms with Crippen molar-refractivity contribution in [1.82, 2.24) is 0 Å². The average molecular weight is 257 g/mol. The van der Waals surface area contributed by atoms with E-state index in [1.807, 2.05) is 24.3 Å². The van der Waals surface area contributed by atoms with E-state index >= 15 is 0 Å². The third-order valence-electron chi connectivity index (χ3n) is 1.92. The largest absolute Gasteiger partial charge is 0.384 e. The predicted octanol–water partition coefficient (Wildman–Crippen LogP) is 1.98. The molecule has 0 saturated heterocycles. The fourth-order valence-electron chi connectivity index (χ4n) is 0.970. The van der Waals surface area contributed by atoms with Gasteiger partial charge in [-0.3, -0.25) is 4.79 Å². The van der Waals surface area contributed by atoms with E-state index in [1.54, 1.807) is 6.92 Å². The minimum Gasteiger partial charge on any atom is -0.384 e. The molecule has 14 heavy (non-hydrogen) atoms. The molecule has 3 N–H and O–H groups in total. The van der Waals surface area contributed by atoms with E-state index in [9.17, 15) is 4.79 Å². The highest BCUT2D eigenvalue weighted by molar-refractivity contribution is 9.10. The van der Waals surface area contributed by atoms with E-state index in [1.165, 1.54) is 0 Å². The fraction of sp³-hybridized carbons (Fsp3) is 0.300. The molecule has 0 fully saturated rings. The van der Waals surface area contributed by atoms with E-state index in [2.05, 4.69) is 21.2 Å². The number of hydrogen-bond acceptors (Lipinski definition) is 2. The van der Waals surface area contributed by atoms with E-state index in [4.69, 9.17) is 5.73 Å². The lowest BCUT2D eigenvalue weighted by Crippen LogP contribution is -2.26. The number of carbonyl (C=O) groups excluding carboxylic acids is 1. The second-order valence-corrected chi connectivity index (χ2v) is 4.11. The summed E-state index contributed by atoms with van der Waals surface area (Å²) in [6.45, 7) is 2.36. The molecule has 0 aliphatic carbocycles. The molecule has 0 heterocycles. The normalized spacial score (nSPS) is 12.1. The van der Waals surface area contributed by atoms with E-state index in [-0.39, 0.29) is 11.8 Å². The first kappa shape index (κ1) is 11.0. The molecule has 0 radical (unpaired) electrons. The van der Waals surface area contributed by atoms with Gasteiger partial charge in [-0.05, 0) is 18.2 Å². The Kier molecular flexibility index (Phi) is 3.95. The summed E-state index contributed by atoms with van der Waals surface area (Å²) in [5.74, 6) is -0.443. The van der Waals surface area contributed by atoms with Gasteiger partial charge in [-0.1, -0.05) is 28.9 Å². The van der Waals surface area contributed by atoms with Gasteiger partial charge in [0, 0.05) is 16.7 Å². The quantitative estimate of drug-likeness (QED) is 0.866. The summed E-state index contributed by atoms with van der Waals surface area (Å²) in [4.78, 5) is 10.8. The smallest absolute Gasteiger partial charge is 0.222 e. The molecule has 1 aromatic carbocycles. The van der Waals surface area contributed by atoms with Crippen molar-refractivity contribution in [2.45, 2.75) is 6.92 Å². The molecule has 0 aliphatic rings. The molecule has 0 bridgehead atoms. The van der Waals surface area contributed by atoms with Crippen molar-refractivity contribution < 1.29 is 4.79 Å². The number of benzene rings is 1. The van der Waals surface area contributed by atoms with Crippen LogP contribution in [0, 0.1) is 5.92 Å². The summed E-state index contributed by atoms with van der Waals surface area (Å²) in [5.41, 5.74) is 6.12. The van der Waals surface area contributed by atoms with Crippen LogP contribution in [0.3, 0.4) is 0 Å². The van der Waals surface area contributed by atoms with Crippen LogP contribution in [-0.2, 0) is 4.79 Å². The number of nitrogens with two attached hydrogens (primary N) is 1. The lowest BCUT2D eigenvalue weighted by molar-refractivity contribution is -0.120. The van der Waals surface area contributed by atoms with Gasteiger partial charge in [0.25, 0.3) is 0 Å². The number of halogens is 1. The summed E-state index contributed by atoms with van der Waals surface area (Å²) in [6.07, 6.45) is 0. The zero-order valence-electron chi connectivity index (χ0n) is 7.96. The van der Waals surface area contributed by atoms with Crippen LogP contribution in [0.25, 0.3) is 0 Å². The maximum Gasteiger partial charge on any atom is 0.222 e. The third kappa shape index (κ3) is 3.38. The molecule has 3 nitrogen and oxygen atoms in total. The van der Waals surface area contributed by atoms with Crippen molar-refractivity contribution in [3.8, 4) is 0 Å². The Balaban J connectivity index is 2.49. The number of nitrogens with one attached hydrogen (secondary N) is 1. The summed E-state index contributed by atoms with van der Waals surface area (Å²) in [6, 6.07) is 7.77. The van der Waals surface area contributed by atoms with Gasteiger partial charge >= 0.3 is 0 Å². The van der Waals surface area contributed by atoms with E-state index < -0.39 is 0 Å². The van der Waals surface area contributed by atoms with Crippen molar-refractivity contribution in [1.29, 1.82) is 0 Å². The lowest BCUT2D eigenvalue weighted by atomic mass is 10.1. The molecule has 76 valence electrons. The summed E-state index contributed by atoms with van der Waals surface area (Å²) >= 11 is 3.37. The molecule has 1 aromatic rings. The molecular formula is C10H13BrN2O. The van der Waals surface area contributed by atoms with Gasteiger partial charge < -0.3 is 11.1 Å².